The van der Waals surface area contributed by atoms with Gasteiger partial charge in [-0.2, -0.15) is 0 Å². The zero-order chi connectivity index (χ0) is 35.2. The molecule has 4 fully saturated rings. The number of carbonyl (C=O) groups is 1. The molecule has 2 aromatic carbocycles. The number of nitro groups is 1. The first-order valence-corrected chi connectivity index (χ1v) is 18.6. The number of halogens is 1. The number of fused-ring (bicyclic) bond motifs is 1. The number of hydrogen-bond acceptors (Lipinski definition) is 10. The summed E-state index contributed by atoms with van der Waals surface area (Å²) in [7, 11) is 0. The van der Waals surface area contributed by atoms with Crippen LogP contribution in [0.1, 0.15) is 55.8 Å². The number of rotatable bonds is 11. The lowest BCUT2D eigenvalue weighted by atomic mass is 9.60. The second kappa shape index (κ2) is 13.6. The zero-order valence-electron chi connectivity index (χ0n) is 28.7. The van der Waals surface area contributed by atoms with E-state index in [9.17, 15) is 14.9 Å². The lowest BCUT2D eigenvalue weighted by Gasteiger charge is -2.55. The normalized spacial score (nSPS) is 19.8. The molecule has 3 saturated heterocycles. The maximum absolute atomic E-state index is 16.0. The first kappa shape index (κ1) is 33.7. The van der Waals surface area contributed by atoms with Gasteiger partial charge in [-0.1, -0.05) is 6.92 Å². The van der Waals surface area contributed by atoms with Crippen LogP contribution in [-0.4, -0.2) is 77.6 Å². The molecule has 0 unspecified atom stereocenters. The standard InChI is InChI=1S/C37H43FN8O4S/c1-36(21-39-22-36)23-42-30-5-4-27(15-32(30)46(48)49)51-43-35(47)28-16-29(38)31(17-33(28)50-26-14-24-6-9-40-34(24)41-20-26)45-12-7-37(8-13-45)18-25(19-37)44-10-2-3-11-44/h4-6,9,14-17,20,25,39,42H,2-3,7-8,10-13,18-19,21-23H2,1H3,(H,40,41)(H,43,47). The van der Waals surface area contributed by atoms with Gasteiger partial charge in [-0.05, 0) is 99.3 Å². The molecule has 1 amide bonds. The zero-order valence-corrected chi connectivity index (χ0v) is 29.5. The molecule has 1 aliphatic carbocycles. The Labute approximate surface area is 300 Å². The highest BCUT2D eigenvalue weighted by atomic mass is 32.2. The average molecular weight is 715 g/mol. The molecular weight excluding hydrogens is 672 g/mol. The lowest BCUT2D eigenvalue weighted by Crippen LogP contribution is -2.55. The summed E-state index contributed by atoms with van der Waals surface area (Å²) in [6.07, 6.45) is 10.4. The van der Waals surface area contributed by atoms with E-state index in [0.717, 1.165) is 56.4 Å². The van der Waals surface area contributed by atoms with Crippen LogP contribution >= 0.6 is 11.9 Å². The van der Waals surface area contributed by atoms with Crippen molar-refractivity contribution in [2.24, 2.45) is 10.8 Å². The summed E-state index contributed by atoms with van der Waals surface area (Å²) < 4.78 is 25.0. The van der Waals surface area contributed by atoms with Crippen LogP contribution in [0.5, 0.6) is 11.5 Å². The Hall–Kier alpha value is -4.40. The maximum atomic E-state index is 16.0. The van der Waals surface area contributed by atoms with Gasteiger partial charge in [0.15, 0.2) is 0 Å². The maximum Gasteiger partial charge on any atom is 0.293 e. The lowest BCUT2D eigenvalue weighted by molar-refractivity contribution is -0.384. The summed E-state index contributed by atoms with van der Waals surface area (Å²) in [5, 5.41) is 19.2. The highest BCUT2D eigenvalue weighted by Gasteiger charge is 2.48. The minimum atomic E-state index is -0.591. The number of aromatic nitrogens is 2. The van der Waals surface area contributed by atoms with Gasteiger partial charge < -0.3 is 30.2 Å². The number of pyridine rings is 1. The van der Waals surface area contributed by atoms with Crippen LogP contribution in [-0.2, 0) is 0 Å². The molecule has 4 N–H and O–H groups in total. The number of aromatic amines is 1. The van der Waals surface area contributed by atoms with Crippen molar-refractivity contribution in [1.29, 1.82) is 0 Å². The molecule has 268 valence electrons. The molecule has 0 atom stereocenters. The third-order valence-corrected chi connectivity index (χ3v) is 12.1. The number of hydrogen-bond donors (Lipinski definition) is 4. The van der Waals surface area contributed by atoms with Gasteiger partial charge in [0, 0.05) is 72.8 Å². The van der Waals surface area contributed by atoms with Crippen LogP contribution in [0.15, 0.2) is 59.8 Å². The molecule has 0 radical (unpaired) electrons. The topological polar surface area (TPSA) is 141 Å². The largest absolute Gasteiger partial charge is 0.455 e. The van der Waals surface area contributed by atoms with E-state index in [-0.39, 0.29) is 22.4 Å². The Morgan fingerprint density at radius 2 is 1.90 bits per heavy atom. The van der Waals surface area contributed by atoms with Gasteiger partial charge in [-0.25, -0.2) is 9.37 Å². The van der Waals surface area contributed by atoms with Crippen molar-refractivity contribution in [3.8, 4) is 11.5 Å². The number of benzene rings is 2. The minimum Gasteiger partial charge on any atom is -0.455 e. The van der Waals surface area contributed by atoms with E-state index >= 15 is 4.39 Å². The van der Waals surface area contributed by atoms with E-state index in [4.69, 9.17) is 4.74 Å². The van der Waals surface area contributed by atoms with Crippen LogP contribution in [0, 0.1) is 26.8 Å². The molecule has 14 heteroatoms. The van der Waals surface area contributed by atoms with E-state index in [1.54, 1.807) is 30.6 Å². The highest BCUT2D eigenvalue weighted by Crippen LogP contribution is 2.52. The molecular formula is C37H43FN8O4S. The molecule has 8 rings (SSSR count). The number of nitrogens with zero attached hydrogens (tertiary/aromatic N) is 4. The SMILES string of the molecule is CC1(CNc2ccc(SNC(=O)c3cc(F)c(N4CCC5(CC4)CC(N4CCCC4)C5)cc3Oc3cnc4[nH]ccc4c3)cc2[N+](=O)[O-])CNC1. The van der Waals surface area contributed by atoms with E-state index < -0.39 is 16.6 Å². The van der Waals surface area contributed by atoms with Crippen LogP contribution in [0.3, 0.4) is 0 Å². The summed E-state index contributed by atoms with van der Waals surface area (Å²) in [6.45, 7) is 8.31. The van der Waals surface area contributed by atoms with Crippen molar-refractivity contribution < 1.29 is 18.8 Å². The number of ether oxygens (including phenoxy) is 1. The predicted octanol–water partition coefficient (Wildman–Crippen LogP) is 6.71. The Kier molecular flexibility index (Phi) is 9.01. The summed E-state index contributed by atoms with van der Waals surface area (Å²) in [4.78, 5) is 37.8. The summed E-state index contributed by atoms with van der Waals surface area (Å²) in [5.41, 5.74) is 1.81. The second-order valence-corrected chi connectivity index (χ2v) is 15.9. The van der Waals surface area contributed by atoms with Crippen LogP contribution in [0.4, 0.5) is 21.5 Å². The molecule has 5 heterocycles. The van der Waals surface area contributed by atoms with Crippen molar-refractivity contribution in [3.05, 3.63) is 76.4 Å². The molecule has 4 aromatic rings. The van der Waals surface area contributed by atoms with Crippen molar-refractivity contribution in [2.45, 2.75) is 56.4 Å². The van der Waals surface area contributed by atoms with Crippen molar-refractivity contribution in [1.82, 2.24) is 24.9 Å². The fourth-order valence-electron chi connectivity index (χ4n) is 8.11. The molecule has 4 aliphatic rings. The number of anilines is 2. The third kappa shape index (κ3) is 6.96. The first-order chi connectivity index (χ1) is 24.7. The Morgan fingerprint density at radius 1 is 1.12 bits per heavy atom. The van der Waals surface area contributed by atoms with Crippen LogP contribution in [0.25, 0.3) is 11.0 Å². The Bertz CT molecular complexity index is 1950. The molecule has 3 aliphatic heterocycles. The fourth-order valence-corrected chi connectivity index (χ4v) is 8.73. The van der Waals surface area contributed by atoms with Crippen molar-refractivity contribution in [3.63, 3.8) is 0 Å². The van der Waals surface area contributed by atoms with Gasteiger partial charge in [-0.3, -0.25) is 19.6 Å². The monoisotopic (exact) mass is 714 g/mol. The number of nitro benzene ring substituents is 1. The number of piperidine rings is 1. The van der Waals surface area contributed by atoms with Gasteiger partial charge in [0.05, 0.1) is 22.4 Å². The van der Waals surface area contributed by atoms with Crippen molar-refractivity contribution >= 4 is 46.0 Å². The summed E-state index contributed by atoms with van der Waals surface area (Å²) >= 11 is 0.927. The fraction of sp³-hybridized carbons (Fsp3) is 0.459. The van der Waals surface area contributed by atoms with Crippen molar-refractivity contribution in [2.75, 3.05) is 56.0 Å². The van der Waals surface area contributed by atoms with Gasteiger partial charge >= 0.3 is 0 Å². The summed E-state index contributed by atoms with van der Waals surface area (Å²) in [6, 6.07) is 12.0. The molecule has 51 heavy (non-hydrogen) atoms. The minimum absolute atomic E-state index is 0.00832. The average Bonchev–Trinajstić information content (AvgIpc) is 3.81. The number of carbonyl (C=O) groups excluding carboxylic acids is 1. The van der Waals surface area contributed by atoms with E-state index in [2.05, 4.69) is 42.0 Å². The number of nitrogens with one attached hydrogen (secondary N) is 4. The van der Waals surface area contributed by atoms with Gasteiger partial charge in [0.25, 0.3) is 11.6 Å². The quantitative estimate of drug-likeness (QED) is 0.0753. The van der Waals surface area contributed by atoms with Crippen LogP contribution in [0.2, 0.25) is 0 Å². The Balaban J connectivity index is 0.994. The van der Waals surface area contributed by atoms with E-state index in [1.165, 1.54) is 50.9 Å². The number of likely N-dealkylation sites (tertiary alicyclic amines) is 1. The Morgan fingerprint density at radius 3 is 2.63 bits per heavy atom. The third-order valence-electron chi connectivity index (χ3n) is 11.3. The molecule has 0 bridgehead atoms. The smallest absolute Gasteiger partial charge is 0.293 e. The molecule has 12 nitrogen and oxygen atoms in total. The molecule has 2 aromatic heterocycles. The van der Waals surface area contributed by atoms with Gasteiger partial charge in [0.2, 0.25) is 0 Å². The van der Waals surface area contributed by atoms with E-state index in [0.29, 0.717) is 45.7 Å². The van der Waals surface area contributed by atoms with Gasteiger partial charge in [0.1, 0.15) is 28.7 Å². The highest BCUT2D eigenvalue weighted by molar-refractivity contribution is 7.98. The first-order valence-electron chi connectivity index (χ1n) is 17.8. The molecule has 1 saturated carbocycles. The number of amides is 1. The summed E-state index contributed by atoms with van der Waals surface area (Å²) in [5.74, 6) is -0.487. The number of H-pyrrole nitrogens is 1. The predicted molar refractivity (Wildman–Crippen MR) is 196 cm³/mol. The molecule has 1 spiro atoms. The van der Waals surface area contributed by atoms with Gasteiger partial charge in [-0.15, -0.1) is 0 Å². The van der Waals surface area contributed by atoms with E-state index in [1.807, 2.05) is 12.1 Å². The second-order valence-electron chi connectivity index (χ2n) is 15.0. The van der Waals surface area contributed by atoms with Crippen LogP contribution < -0.4 is 25.0 Å².